The molecule has 3 N–H and O–H groups in total. The van der Waals surface area contributed by atoms with E-state index in [1.165, 1.54) is 0 Å². The lowest BCUT2D eigenvalue weighted by Crippen LogP contribution is -1.97. The van der Waals surface area contributed by atoms with Crippen LogP contribution in [0.2, 0.25) is 0 Å². The minimum Gasteiger partial charge on any atom is -0.399 e. The molecule has 0 aliphatic rings. The van der Waals surface area contributed by atoms with Gasteiger partial charge in [-0.2, -0.15) is 0 Å². The first-order chi connectivity index (χ1) is 9.81. The second kappa shape index (κ2) is 5.36. The van der Waals surface area contributed by atoms with Gasteiger partial charge in [0, 0.05) is 41.7 Å². The maximum absolute atomic E-state index is 5.64. The fraction of sp³-hybridized carbons (Fsp3) is 0. The number of nitrogens with two attached hydrogens (primary N) is 1. The van der Waals surface area contributed by atoms with Crippen LogP contribution >= 0.6 is 0 Å². The molecule has 0 fully saturated rings. The highest BCUT2D eigenvalue weighted by Gasteiger charge is 2.00. The molecular weight excluding hydrogens is 250 g/mol. The van der Waals surface area contributed by atoms with E-state index in [0.717, 1.165) is 22.5 Å². The molecule has 0 unspecified atom stereocenters. The Morgan fingerprint density at radius 3 is 2.10 bits per heavy atom. The van der Waals surface area contributed by atoms with Crippen LogP contribution in [0.4, 0.5) is 17.3 Å². The Labute approximate surface area is 116 Å². The molecular formula is C15H13N5. The predicted molar refractivity (Wildman–Crippen MR) is 79.4 cm³/mol. The summed E-state index contributed by atoms with van der Waals surface area (Å²) in [5.74, 6) is 0.549. The third kappa shape index (κ3) is 2.72. The monoisotopic (exact) mass is 263 g/mol. The van der Waals surface area contributed by atoms with Crippen molar-refractivity contribution in [2.45, 2.75) is 0 Å². The Kier molecular flexibility index (Phi) is 3.24. The number of nitrogen functional groups attached to an aromatic ring is 1. The summed E-state index contributed by atoms with van der Waals surface area (Å²) >= 11 is 0. The van der Waals surface area contributed by atoms with Gasteiger partial charge in [0.25, 0.3) is 0 Å². The average molecular weight is 263 g/mol. The van der Waals surface area contributed by atoms with Gasteiger partial charge >= 0.3 is 0 Å². The zero-order valence-corrected chi connectivity index (χ0v) is 10.7. The molecule has 0 aliphatic heterocycles. The van der Waals surface area contributed by atoms with E-state index in [9.17, 15) is 0 Å². The van der Waals surface area contributed by atoms with Gasteiger partial charge in [0.15, 0.2) is 0 Å². The third-order valence-electron chi connectivity index (χ3n) is 2.83. The minimum absolute atomic E-state index is 0.549. The number of hydrogen-bond acceptors (Lipinski definition) is 5. The molecule has 0 atom stereocenters. The SMILES string of the molecule is Nc1ccc(Nc2ncc(-c3ccncc3)cn2)cc1. The largest absolute Gasteiger partial charge is 0.399 e. The summed E-state index contributed by atoms with van der Waals surface area (Å²) in [6.45, 7) is 0. The van der Waals surface area contributed by atoms with Gasteiger partial charge in [-0.1, -0.05) is 0 Å². The number of rotatable bonds is 3. The molecule has 98 valence electrons. The summed E-state index contributed by atoms with van der Waals surface area (Å²) in [5.41, 5.74) is 9.26. The van der Waals surface area contributed by atoms with E-state index in [1.807, 2.05) is 36.4 Å². The number of hydrogen-bond donors (Lipinski definition) is 2. The summed E-state index contributed by atoms with van der Waals surface area (Å²) < 4.78 is 0. The Morgan fingerprint density at radius 2 is 1.45 bits per heavy atom. The van der Waals surface area contributed by atoms with Gasteiger partial charge in [0.05, 0.1) is 0 Å². The van der Waals surface area contributed by atoms with Crippen molar-refractivity contribution in [3.05, 3.63) is 61.2 Å². The van der Waals surface area contributed by atoms with Gasteiger partial charge in [-0.05, 0) is 42.0 Å². The highest BCUT2D eigenvalue weighted by Crippen LogP contribution is 2.18. The van der Waals surface area contributed by atoms with Gasteiger partial charge in [0.1, 0.15) is 0 Å². The van der Waals surface area contributed by atoms with E-state index in [0.29, 0.717) is 5.95 Å². The summed E-state index contributed by atoms with van der Waals surface area (Å²) in [6, 6.07) is 11.3. The fourth-order valence-corrected chi connectivity index (χ4v) is 1.78. The number of pyridine rings is 1. The second-order valence-electron chi connectivity index (χ2n) is 4.28. The first-order valence-corrected chi connectivity index (χ1v) is 6.16. The summed E-state index contributed by atoms with van der Waals surface area (Å²) in [7, 11) is 0. The Bertz CT molecular complexity index is 678. The molecule has 1 aromatic carbocycles. The molecule has 3 rings (SSSR count). The van der Waals surface area contributed by atoms with E-state index in [1.54, 1.807) is 24.8 Å². The first-order valence-electron chi connectivity index (χ1n) is 6.16. The number of benzene rings is 1. The fourth-order valence-electron chi connectivity index (χ4n) is 1.78. The van der Waals surface area contributed by atoms with Crippen LogP contribution in [0.1, 0.15) is 0 Å². The van der Waals surface area contributed by atoms with Gasteiger partial charge in [-0.15, -0.1) is 0 Å². The van der Waals surface area contributed by atoms with Crippen LogP contribution in [0.3, 0.4) is 0 Å². The van der Waals surface area contributed by atoms with Crippen molar-refractivity contribution in [2.75, 3.05) is 11.1 Å². The molecule has 2 aromatic heterocycles. The first kappa shape index (κ1) is 12.1. The Balaban J connectivity index is 1.78. The Hall–Kier alpha value is -2.95. The van der Waals surface area contributed by atoms with E-state index in [4.69, 9.17) is 5.73 Å². The highest BCUT2D eigenvalue weighted by atomic mass is 15.1. The van der Waals surface area contributed by atoms with Gasteiger partial charge in [0.2, 0.25) is 5.95 Å². The van der Waals surface area contributed by atoms with Crippen LogP contribution in [-0.4, -0.2) is 15.0 Å². The van der Waals surface area contributed by atoms with E-state index in [-0.39, 0.29) is 0 Å². The molecule has 5 heteroatoms. The van der Waals surface area contributed by atoms with E-state index >= 15 is 0 Å². The molecule has 0 amide bonds. The van der Waals surface area contributed by atoms with Crippen LogP contribution in [0.25, 0.3) is 11.1 Å². The van der Waals surface area contributed by atoms with Crippen LogP contribution in [0, 0.1) is 0 Å². The lowest BCUT2D eigenvalue weighted by Gasteiger charge is -2.06. The number of nitrogens with zero attached hydrogens (tertiary/aromatic N) is 3. The topological polar surface area (TPSA) is 76.7 Å². The maximum Gasteiger partial charge on any atom is 0.227 e. The van der Waals surface area contributed by atoms with Gasteiger partial charge in [-0.25, -0.2) is 9.97 Å². The maximum atomic E-state index is 5.64. The predicted octanol–water partition coefficient (Wildman–Crippen LogP) is 2.86. The zero-order chi connectivity index (χ0) is 13.8. The van der Waals surface area contributed by atoms with E-state index < -0.39 is 0 Å². The molecule has 0 saturated carbocycles. The molecule has 3 aromatic rings. The van der Waals surface area contributed by atoms with Crippen molar-refractivity contribution < 1.29 is 0 Å². The van der Waals surface area contributed by atoms with Crippen LogP contribution in [0.15, 0.2) is 61.2 Å². The molecule has 0 aliphatic carbocycles. The van der Waals surface area contributed by atoms with Crippen molar-refractivity contribution in [1.82, 2.24) is 15.0 Å². The van der Waals surface area contributed by atoms with Crippen LogP contribution < -0.4 is 11.1 Å². The molecule has 0 spiro atoms. The van der Waals surface area contributed by atoms with Crippen molar-refractivity contribution in [3.63, 3.8) is 0 Å². The van der Waals surface area contributed by atoms with Crippen LogP contribution in [0.5, 0.6) is 0 Å². The molecule has 20 heavy (non-hydrogen) atoms. The highest BCUT2D eigenvalue weighted by molar-refractivity contribution is 5.62. The smallest absolute Gasteiger partial charge is 0.227 e. The molecule has 0 bridgehead atoms. The number of nitrogens with one attached hydrogen (secondary N) is 1. The lowest BCUT2D eigenvalue weighted by atomic mass is 10.1. The van der Waals surface area contributed by atoms with E-state index in [2.05, 4.69) is 20.3 Å². The summed E-state index contributed by atoms with van der Waals surface area (Å²) in [5, 5.41) is 3.12. The van der Waals surface area contributed by atoms with Crippen LogP contribution in [-0.2, 0) is 0 Å². The quantitative estimate of drug-likeness (QED) is 0.710. The zero-order valence-electron chi connectivity index (χ0n) is 10.7. The summed E-state index contributed by atoms with van der Waals surface area (Å²) in [4.78, 5) is 12.6. The van der Waals surface area contributed by atoms with Gasteiger partial charge in [-0.3, -0.25) is 4.98 Å². The van der Waals surface area contributed by atoms with Crippen molar-refractivity contribution >= 4 is 17.3 Å². The molecule has 2 heterocycles. The minimum atomic E-state index is 0.549. The normalized spacial score (nSPS) is 10.2. The average Bonchev–Trinajstić information content (AvgIpc) is 2.51. The third-order valence-corrected chi connectivity index (χ3v) is 2.83. The summed E-state index contributed by atoms with van der Waals surface area (Å²) in [6.07, 6.45) is 7.05. The standard InChI is InChI=1S/C15H13N5/c16-13-1-3-14(4-2-13)20-15-18-9-12(10-19-15)11-5-7-17-8-6-11/h1-10H,16H2,(H,18,19,20). The second-order valence-corrected chi connectivity index (χ2v) is 4.28. The Morgan fingerprint density at radius 1 is 0.800 bits per heavy atom. The number of anilines is 3. The molecule has 0 radical (unpaired) electrons. The van der Waals surface area contributed by atoms with Crippen molar-refractivity contribution in [3.8, 4) is 11.1 Å². The van der Waals surface area contributed by atoms with Crippen molar-refractivity contribution in [2.24, 2.45) is 0 Å². The van der Waals surface area contributed by atoms with Crippen molar-refractivity contribution in [1.29, 1.82) is 0 Å². The lowest BCUT2D eigenvalue weighted by molar-refractivity contribution is 1.17. The molecule has 0 saturated heterocycles. The molecule has 5 nitrogen and oxygen atoms in total. The van der Waals surface area contributed by atoms with Gasteiger partial charge < -0.3 is 11.1 Å². The number of aromatic nitrogens is 3.